The second-order valence-corrected chi connectivity index (χ2v) is 5.55. The number of nitrogens with two attached hydrogens (primary N) is 1. The van der Waals surface area contributed by atoms with Gasteiger partial charge in [-0.2, -0.15) is 0 Å². The summed E-state index contributed by atoms with van der Waals surface area (Å²) in [7, 11) is 1.13. The van der Waals surface area contributed by atoms with E-state index in [9.17, 15) is 24.5 Å². The molecule has 0 aliphatic heterocycles. The average molecular weight is 389 g/mol. The number of halogens is 1. The van der Waals surface area contributed by atoms with Gasteiger partial charge in [-0.15, -0.1) is 12.4 Å². The van der Waals surface area contributed by atoms with E-state index in [4.69, 9.17) is 5.73 Å². The highest BCUT2D eigenvalue weighted by molar-refractivity contribution is 5.97. The normalized spacial score (nSPS) is 11.1. The van der Waals surface area contributed by atoms with Crippen LogP contribution in [0.25, 0.3) is 0 Å². The highest BCUT2D eigenvalue weighted by Gasteiger charge is 2.19. The molecule has 0 bridgehead atoms. The molecule has 0 heterocycles. The molecule has 0 aliphatic carbocycles. The number of carbonyl (C=O) groups is 3. The second-order valence-electron chi connectivity index (χ2n) is 5.55. The summed E-state index contributed by atoms with van der Waals surface area (Å²) in [4.78, 5) is 45.4. The Kier molecular flexibility index (Phi) is 9.23. The molecule has 144 valence electrons. The zero-order valence-corrected chi connectivity index (χ0v) is 15.3. The topological polar surface area (TPSA) is 154 Å². The first-order chi connectivity index (χ1) is 11.6. The van der Waals surface area contributed by atoms with Gasteiger partial charge in [0, 0.05) is 17.8 Å². The quantitative estimate of drug-likeness (QED) is 0.355. The van der Waals surface area contributed by atoms with Crippen LogP contribution in [0.15, 0.2) is 18.2 Å². The lowest BCUT2D eigenvalue weighted by atomic mass is 10.1. The van der Waals surface area contributed by atoms with Gasteiger partial charge in [0.2, 0.25) is 11.8 Å². The monoisotopic (exact) mass is 388 g/mol. The fourth-order valence-corrected chi connectivity index (χ4v) is 1.82. The minimum Gasteiger partial charge on any atom is -0.465 e. The van der Waals surface area contributed by atoms with Gasteiger partial charge in [0.05, 0.1) is 30.2 Å². The van der Waals surface area contributed by atoms with Gasteiger partial charge in [-0.25, -0.2) is 4.79 Å². The van der Waals surface area contributed by atoms with E-state index in [1.807, 2.05) is 0 Å². The van der Waals surface area contributed by atoms with Crippen LogP contribution in [0, 0.1) is 16.0 Å². The number of non-ortho nitro benzene ring substituents is 1. The second kappa shape index (κ2) is 10.3. The fourth-order valence-electron chi connectivity index (χ4n) is 1.82. The van der Waals surface area contributed by atoms with Crippen molar-refractivity contribution >= 4 is 41.6 Å². The summed E-state index contributed by atoms with van der Waals surface area (Å²) in [6.07, 6.45) is 0. The lowest BCUT2D eigenvalue weighted by Gasteiger charge is -2.15. The third-order valence-electron chi connectivity index (χ3n) is 3.28. The molecule has 1 rings (SSSR count). The highest BCUT2D eigenvalue weighted by atomic mass is 35.5. The van der Waals surface area contributed by atoms with Crippen molar-refractivity contribution in [1.29, 1.82) is 0 Å². The first-order valence-corrected chi connectivity index (χ1v) is 7.36. The van der Waals surface area contributed by atoms with E-state index >= 15 is 0 Å². The molecule has 2 amide bonds. The van der Waals surface area contributed by atoms with Crippen molar-refractivity contribution in [3.8, 4) is 0 Å². The molecule has 0 unspecified atom stereocenters. The molecule has 1 aromatic carbocycles. The first kappa shape index (κ1) is 23.3. The number of nitrogens with one attached hydrogen (secondary N) is 2. The van der Waals surface area contributed by atoms with Crippen LogP contribution in [-0.4, -0.2) is 42.4 Å². The number of ether oxygens (including phenoxy) is 1. The number of esters is 1. The van der Waals surface area contributed by atoms with Crippen molar-refractivity contribution in [2.45, 2.75) is 19.9 Å². The smallest absolute Gasteiger partial charge is 0.338 e. The van der Waals surface area contributed by atoms with Gasteiger partial charge in [-0.3, -0.25) is 19.7 Å². The number of amides is 2. The van der Waals surface area contributed by atoms with Crippen molar-refractivity contribution in [2.24, 2.45) is 11.7 Å². The summed E-state index contributed by atoms with van der Waals surface area (Å²) >= 11 is 0. The molecule has 4 N–H and O–H groups in total. The molecule has 1 aromatic rings. The Hall–Kier alpha value is -2.72. The van der Waals surface area contributed by atoms with E-state index in [1.165, 1.54) is 6.07 Å². The van der Waals surface area contributed by atoms with Crippen LogP contribution in [0.1, 0.15) is 24.2 Å². The summed E-state index contributed by atoms with van der Waals surface area (Å²) in [5.41, 5.74) is 5.21. The number of carbonyl (C=O) groups excluding carboxylic acids is 3. The Morgan fingerprint density at radius 3 is 2.38 bits per heavy atom. The maximum atomic E-state index is 11.9. The third kappa shape index (κ3) is 6.65. The molecule has 11 heteroatoms. The molecule has 1 atom stereocenters. The number of nitrogens with zero attached hydrogens (tertiary/aromatic N) is 1. The van der Waals surface area contributed by atoms with Crippen LogP contribution in [0.3, 0.4) is 0 Å². The van der Waals surface area contributed by atoms with Crippen LogP contribution in [0.2, 0.25) is 0 Å². The van der Waals surface area contributed by atoms with E-state index in [-0.39, 0.29) is 41.8 Å². The number of hydrogen-bond donors (Lipinski definition) is 3. The summed E-state index contributed by atoms with van der Waals surface area (Å²) in [6.45, 7) is 3.17. The number of nitro groups is 1. The predicted octanol–water partition coefficient (Wildman–Crippen LogP) is 0.841. The van der Waals surface area contributed by atoms with Crippen LogP contribution in [-0.2, 0) is 14.3 Å². The SMILES string of the molecule is COC(=O)c1cc(NC(=O)CNC(=O)[C@@H](N)C(C)C)cc([N+](=O)[O-])c1.Cl. The number of anilines is 1. The van der Waals surface area contributed by atoms with Gasteiger partial charge in [0.15, 0.2) is 0 Å². The maximum absolute atomic E-state index is 11.9. The predicted molar refractivity (Wildman–Crippen MR) is 96.1 cm³/mol. The van der Waals surface area contributed by atoms with Gasteiger partial charge in [0.1, 0.15) is 0 Å². The fraction of sp³-hybridized carbons (Fsp3) is 0.400. The van der Waals surface area contributed by atoms with E-state index in [0.717, 1.165) is 19.2 Å². The average Bonchev–Trinajstić information content (AvgIpc) is 2.57. The molecule has 10 nitrogen and oxygen atoms in total. The lowest BCUT2D eigenvalue weighted by Crippen LogP contribution is -2.46. The molecular weight excluding hydrogens is 368 g/mol. The highest BCUT2D eigenvalue weighted by Crippen LogP contribution is 2.21. The first-order valence-electron chi connectivity index (χ1n) is 7.36. The van der Waals surface area contributed by atoms with Crippen LogP contribution >= 0.6 is 12.4 Å². The zero-order valence-electron chi connectivity index (χ0n) is 14.5. The number of methoxy groups -OCH3 is 1. The molecule has 0 aromatic heterocycles. The Morgan fingerprint density at radius 1 is 1.27 bits per heavy atom. The Bertz CT molecular complexity index is 695. The molecule has 0 saturated heterocycles. The molecule has 0 spiro atoms. The molecule has 0 saturated carbocycles. The molecule has 0 radical (unpaired) electrons. The van der Waals surface area contributed by atoms with E-state index in [2.05, 4.69) is 15.4 Å². The van der Waals surface area contributed by atoms with Gasteiger partial charge < -0.3 is 21.1 Å². The van der Waals surface area contributed by atoms with Crippen molar-refractivity contribution in [3.63, 3.8) is 0 Å². The largest absolute Gasteiger partial charge is 0.465 e. The summed E-state index contributed by atoms with van der Waals surface area (Å²) in [5.74, 6) is -1.99. The summed E-state index contributed by atoms with van der Waals surface area (Å²) < 4.78 is 4.51. The van der Waals surface area contributed by atoms with Crippen LogP contribution in [0.5, 0.6) is 0 Å². The van der Waals surface area contributed by atoms with Gasteiger partial charge in [-0.05, 0) is 12.0 Å². The molecule has 0 fully saturated rings. The van der Waals surface area contributed by atoms with E-state index in [0.29, 0.717) is 0 Å². The number of hydrogen-bond acceptors (Lipinski definition) is 7. The summed E-state index contributed by atoms with van der Waals surface area (Å²) in [5, 5.41) is 15.7. The lowest BCUT2D eigenvalue weighted by molar-refractivity contribution is -0.384. The Morgan fingerprint density at radius 2 is 1.88 bits per heavy atom. The van der Waals surface area contributed by atoms with E-state index in [1.54, 1.807) is 13.8 Å². The number of rotatable bonds is 7. The van der Waals surface area contributed by atoms with Gasteiger partial charge in [-0.1, -0.05) is 13.8 Å². The number of nitro benzene ring substituents is 1. The van der Waals surface area contributed by atoms with Gasteiger partial charge in [0.25, 0.3) is 5.69 Å². The van der Waals surface area contributed by atoms with Crippen molar-refractivity contribution in [2.75, 3.05) is 19.0 Å². The van der Waals surface area contributed by atoms with Crippen molar-refractivity contribution in [1.82, 2.24) is 5.32 Å². The third-order valence-corrected chi connectivity index (χ3v) is 3.28. The molecular formula is C15H21ClN4O6. The van der Waals surface area contributed by atoms with Crippen molar-refractivity contribution < 1.29 is 24.0 Å². The number of benzene rings is 1. The maximum Gasteiger partial charge on any atom is 0.338 e. The molecule has 0 aliphatic rings. The van der Waals surface area contributed by atoms with Gasteiger partial charge >= 0.3 is 5.97 Å². The van der Waals surface area contributed by atoms with E-state index < -0.39 is 28.7 Å². The van der Waals surface area contributed by atoms with Crippen molar-refractivity contribution in [3.05, 3.63) is 33.9 Å². The van der Waals surface area contributed by atoms with Crippen LogP contribution in [0.4, 0.5) is 11.4 Å². The minimum atomic E-state index is -0.782. The zero-order chi connectivity index (χ0) is 19.1. The standard InChI is InChI=1S/C15H20N4O6.ClH/c1-8(2)13(16)14(21)17-7-12(20)18-10-4-9(15(22)25-3)5-11(6-10)19(23)24;/h4-6,8,13H,7,16H2,1-3H3,(H,17,21)(H,18,20);1H/t13-;/m0./s1. The Balaban J connectivity index is 0.00000625. The van der Waals surface area contributed by atoms with Crippen LogP contribution < -0.4 is 16.4 Å². The molecule has 26 heavy (non-hydrogen) atoms. The Labute approximate surface area is 156 Å². The summed E-state index contributed by atoms with van der Waals surface area (Å²) in [6, 6.07) is 2.60. The minimum absolute atomic E-state index is 0.